The van der Waals surface area contributed by atoms with E-state index >= 15 is 0 Å². The Kier molecular flexibility index (Phi) is 3.96. The summed E-state index contributed by atoms with van der Waals surface area (Å²) in [4.78, 5) is 2.59. The predicted octanol–water partition coefficient (Wildman–Crippen LogP) is 2.78. The van der Waals surface area contributed by atoms with E-state index in [1.54, 1.807) is 18.3 Å². The Balaban J connectivity index is 1.61. The molecule has 1 N–H and O–H groups in total. The van der Waals surface area contributed by atoms with Gasteiger partial charge in [-0.2, -0.15) is 0 Å². The zero-order valence-electron chi connectivity index (χ0n) is 15.7. The van der Waals surface area contributed by atoms with Crippen molar-refractivity contribution in [1.82, 2.24) is 13.9 Å². The van der Waals surface area contributed by atoms with Gasteiger partial charge in [-0.1, -0.05) is 6.07 Å². The number of benzene rings is 2. The minimum atomic E-state index is -3.68. The second-order valence-electron chi connectivity index (χ2n) is 7.24. The number of anilines is 1. The van der Waals surface area contributed by atoms with Crippen molar-refractivity contribution in [2.24, 2.45) is 7.05 Å². The molecule has 0 unspecified atom stereocenters. The van der Waals surface area contributed by atoms with Crippen molar-refractivity contribution in [1.29, 1.82) is 0 Å². The number of hydrogen-bond acceptors (Lipinski definition) is 4. The number of piperazine rings is 1. The molecule has 3 heterocycles. The third-order valence-corrected chi connectivity index (χ3v) is 7.22. The van der Waals surface area contributed by atoms with Gasteiger partial charge in [-0.25, -0.2) is 12.4 Å². The Bertz CT molecular complexity index is 1280. The molecule has 0 saturated carbocycles. The van der Waals surface area contributed by atoms with Gasteiger partial charge in [0.05, 0.1) is 10.4 Å². The van der Waals surface area contributed by atoms with Crippen LogP contribution in [0.15, 0.2) is 65.8 Å². The molecule has 1 saturated heterocycles. The Morgan fingerprint density at radius 2 is 1.64 bits per heavy atom. The summed E-state index contributed by atoms with van der Waals surface area (Å²) in [6.45, 7) is 3.72. The quantitative estimate of drug-likeness (QED) is 0.581. The fourth-order valence-corrected chi connectivity index (χ4v) is 5.34. The highest BCUT2D eigenvalue weighted by atomic mass is 32.2. The molecule has 4 aromatic rings. The minimum Gasteiger partial charge on any atom is -0.369 e. The van der Waals surface area contributed by atoms with Gasteiger partial charge in [0.2, 0.25) is 0 Å². The molecule has 5 rings (SSSR count). The highest BCUT2D eigenvalue weighted by molar-refractivity contribution is 7.90. The van der Waals surface area contributed by atoms with E-state index in [-0.39, 0.29) is 0 Å². The van der Waals surface area contributed by atoms with Crippen LogP contribution in [0.1, 0.15) is 0 Å². The van der Waals surface area contributed by atoms with Gasteiger partial charge >= 0.3 is 0 Å². The average molecular weight is 395 g/mol. The molecule has 7 heteroatoms. The van der Waals surface area contributed by atoms with Crippen LogP contribution in [0.4, 0.5) is 5.69 Å². The van der Waals surface area contributed by atoms with Crippen LogP contribution in [0, 0.1) is 0 Å². The number of aromatic nitrogens is 2. The maximum Gasteiger partial charge on any atom is 0.268 e. The van der Waals surface area contributed by atoms with Crippen LogP contribution in [0.25, 0.3) is 21.8 Å². The SMILES string of the molecule is Cn1ccc2cc(S(=O)(=O)n3ccc4ccc(N5CCNCC5)cc43)ccc21. The van der Waals surface area contributed by atoms with Gasteiger partial charge in [0, 0.05) is 67.6 Å². The molecule has 0 radical (unpaired) electrons. The lowest BCUT2D eigenvalue weighted by Gasteiger charge is -2.29. The summed E-state index contributed by atoms with van der Waals surface area (Å²) in [5, 5.41) is 5.18. The van der Waals surface area contributed by atoms with E-state index in [0.29, 0.717) is 10.4 Å². The molecule has 0 atom stereocenters. The van der Waals surface area contributed by atoms with E-state index in [1.165, 1.54) is 3.97 Å². The normalized spacial score (nSPS) is 15.5. The van der Waals surface area contributed by atoms with Gasteiger partial charge in [0.1, 0.15) is 0 Å². The number of nitrogens with one attached hydrogen (secondary N) is 1. The van der Waals surface area contributed by atoms with E-state index < -0.39 is 10.0 Å². The molecular formula is C21H22N4O2S. The van der Waals surface area contributed by atoms with Crippen molar-refractivity contribution in [3.63, 3.8) is 0 Å². The third-order valence-electron chi connectivity index (χ3n) is 5.54. The molecule has 1 aliphatic rings. The zero-order valence-corrected chi connectivity index (χ0v) is 16.5. The molecule has 2 aromatic carbocycles. The van der Waals surface area contributed by atoms with E-state index in [9.17, 15) is 8.42 Å². The molecule has 2 aromatic heterocycles. The van der Waals surface area contributed by atoms with Crippen molar-refractivity contribution in [3.05, 3.63) is 60.9 Å². The monoisotopic (exact) mass is 394 g/mol. The first kappa shape index (κ1) is 17.3. The van der Waals surface area contributed by atoms with Crippen LogP contribution in [0.3, 0.4) is 0 Å². The van der Waals surface area contributed by atoms with E-state index in [1.807, 2.05) is 48.1 Å². The summed E-state index contributed by atoms with van der Waals surface area (Å²) < 4.78 is 30.1. The van der Waals surface area contributed by atoms with Crippen LogP contribution >= 0.6 is 0 Å². The Hall–Kier alpha value is -2.77. The van der Waals surface area contributed by atoms with Crippen LogP contribution in [0.5, 0.6) is 0 Å². The van der Waals surface area contributed by atoms with Crippen molar-refractivity contribution in [2.45, 2.75) is 4.90 Å². The predicted molar refractivity (Wildman–Crippen MR) is 113 cm³/mol. The van der Waals surface area contributed by atoms with Gasteiger partial charge in [0.25, 0.3) is 10.0 Å². The van der Waals surface area contributed by atoms with E-state index in [4.69, 9.17) is 0 Å². The lowest BCUT2D eigenvalue weighted by Crippen LogP contribution is -2.43. The summed E-state index contributed by atoms with van der Waals surface area (Å²) in [5.74, 6) is 0. The summed E-state index contributed by atoms with van der Waals surface area (Å²) in [6, 6.07) is 15.1. The van der Waals surface area contributed by atoms with Crippen molar-refractivity contribution in [2.75, 3.05) is 31.1 Å². The first-order chi connectivity index (χ1) is 13.5. The number of nitrogens with zero attached hydrogens (tertiary/aromatic N) is 3. The summed E-state index contributed by atoms with van der Waals surface area (Å²) in [5.41, 5.74) is 2.78. The van der Waals surface area contributed by atoms with Crippen LogP contribution < -0.4 is 10.2 Å². The molecule has 1 aliphatic heterocycles. The second-order valence-corrected chi connectivity index (χ2v) is 9.06. The molecule has 144 valence electrons. The maximum atomic E-state index is 13.4. The van der Waals surface area contributed by atoms with Crippen molar-refractivity contribution in [3.8, 4) is 0 Å². The topological polar surface area (TPSA) is 59.3 Å². The molecule has 0 spiro atoms. The second kappa shape index (κ2) is 6.39. The van der Waals surface area contributed by atoms with Gasteiger partial charge in [-0.15, -0.1) is 0 Å². The molecule has 28 heavy (non-hydrogen) atoms. The number of hydrogen-bond donors (Lipinski definition) is 1. The van der Waals surface area contributed by atoms with Crippen LogP contribution in [-0.2, 0) is 17.1 Å². The molecular weight excluding hydrogens is 372 g/mol. The van der Waals surface area contributed by atoms with Crippen molar-refractivity contribution >= 4 is 37.5 Å². The number of rotatable bonds is 3. The van der Waals surface area contributed by atoms with Crippen molar-refractivity contribution < 1.29 is 8.42 Å². The van der Waals surface area contributed by atoms with Gasteiger partial charge in [-0.05, 0) is 42.5 Å². The minimum absolute atomic E-state index is 0.302. The summed E-state index contributed by atoms with van der Waals surface area (Å²) in [6.07, 6.45) is 3.59. The highest BCUT2D eigenvalue weighted by Gasteiger charge is 2.21. The van der Waals surface area contributed by atoms with E-state index in [2.05, 4.69) is 16.3 Å². The highest BCUT2D eigenvalue weighted by Crippen LogP contribution is 2.28. The lowest BCUT2D eigenvalue weighted by atomic mass is 10.2. The molecule has 0 amide bonds. The Morgan fingerprint density at radius 1 is 0.857 bits per heavy atom. The fraction of sp³-hybridized carbons (Fsp3) is 0.238. The molecule has 0 aliphatic carbocycles. The Labute approximate surface area is 164 Å². The third kappa shape index (κ3) is 2.70. The summed E-state index contributed by atoms with van der Waals surface area (Å²) in [7, 11) is -1.72. The first-order valence-electron chi connectivity index (χ1n) is 9.41. The zero-order chi connectivity index (χ0) is 19.3. The largest absolute Gasteiger partial charge is 0.369 e. The number of fused-ring (bicyclic) bond motifs is 2. The van der Waals surface area contributed by atoms with Gasteiger partial charge in [-0.3, -0.25) is 0 Å². The standard InChI is InChI=1S/C21H22N4O2S/c1-23-10-6-17-14-19(4-5-20(17)23)28(26,27)25-11-7-16-2-3-18(15-21(16)25)24-12-8-22-9-13-24/h2-7,10-11,14-15,22H,8-9,12-13H2,1H3. The van der Waals surface area contributed by atoms with Crippen LogP contribution in [-0.4, -0.2) is 43.1 Å². The van der Waals surface area contributed by atoms with Gasteiger partial charge < -0.3 is 14.8 Å². The van der Waals surface area contributed by atoms with Gasteiger partial charge in [0.15, 0.2) is 0 Å². The summed E-state index contributed by atoms with van der Waals surface area (Å²) >= 11 is 0. The number of aryl methyl sites for hydroxylation is 1. The van der Waals surface area contributed by atoms with E-state index in [0.717, 1.165) is 48.2 Å². The smallest absolute Gasteiger partial charge is 0.268 e. The molecule has 0 bridgehead atoms. The maximum absolute atomic E-state index is 13.4. The van der Waals surface area contributed by atoms with Crippen LogP contribution in [0.2, 0.25) is 0 Å². The molecule has 6 nitrogen and oxygen atoms in total. The Morgan fingerprint density at radius 3 is 2.46 bits per heavy atom. The lowest BCUT2D eigenvalue weighted by molar-refractivity contribution is 0.588. The average Bonchev–Trinajstić information content (AvgIpc) is 3.32. The first-order valence-corrected chi connectivity index (χ1v) is 10.9. The fourth-order valence-electron chi connectivity index (χ4n) is 3.96. The molecule has 1 fully saturated rings.